The van der Waals surface area contributed by atoms with Gasteiger partial charge in [-0.25, -0.2) is 4.79 Å². The lowest BCUT2D eigenvalue weighted by Crippen LogP contribution is -2.70. The van der Waals surface area contributed by atoms with Crippen LogP contribution >= 0.6 is 23.4 Å². The van der Waals surface area contributed by atoms with Gasteiger partial charge in [0, 0.05) is 19.4 Å². The molecule has 3 heterocycles. The molecule has 12 heteroatoms. The molecule has 168 valence electrons. The lowest BCUT2D eigenvalue weighted by molar-refractivity contribution is -0.165. The molecule has 0 saturated carbocycles. The summed E-state index contributed by atoms with van der Waals surface area (Å²) < 4.78 is 17.2. The highest BCUT2D eigenvalue weighted by molar-refractivity contribution is 8.03. The van der Waals surface area contributed by atoms with E-state index in [1.54, 1.807) is 38.4 Å². The van der Waals surface area contributed by atoms with E-state index in [1.165, 1.54) is 39.9 Å². The molecule has 1 amide bonds. The third-order valence-corrected chi connectivity index (χ3v) is 6.90. The molecule has 3 atom stereocenters. The Balaban J connectivity index is 1.47. The largest absolute Gasteiger partial charge is 0.497 e. The number of rotatable bonds is 7. The van der Waals surface area contributed by atoms with E-state index in [4.69, 9.17) is 25.8 Å². The van der Waals surface area contributed by atoms with Gasteiger partial charge in [0.2, 0.25) is 0 Å². The van der Waals surface area contributed by atoms with Crippen molar-refractivity contribution in [2.75, 3.05) is 7.11 Å². The summed E-state index contributed by atoms with van der Waals surface area (Å²) in [5.41, 5.74) is 1.08. The van der Waals surface area contributed by atoms with Gasteiger partial charge < -0.3 is 14.2 Å². The average Bonchev–Trinajstić information content (AvgIpc) is 3.40. The number of hydrogen-bond donors (Lipinski definition) is 0. The number of aryl methyl sites for hydroxylation is 1. The van der Waals surface area contributed by atoms with Crippen molar-refractivity contribution in [2.24, 2.45) is 7.05 Å². The van der Waals surface area contributed by atoms with Crippen molar-refractivity contribution >= 4 is 41.2 Å². The van der Waals surface area contributed by atoms with E-state index in [0.717, 1.165) is 5.56 Å². The molecule has 2 unspecified atom stereocenters. The second-order valence-electron chi connectivity index (χ2n) is 7.17. The van der Waals surface area contributed by atoms with E-state index in [9.17, 15) is 14.4 Å². The molecule has 1 saturated heterocycles. The third-order valence-electron chi connectivity index (χ3n) is 5.00. The predicted molar refractivity (Wildman–Crippen MR) is 113 cm³/mol. The zero-order valence-electron chi connectivity index (χ0n) is 17.4. The first-order valence-electron chi connectivity index (χ1n) is 9.47. The van der Waals surface area contributed by atoms with E-state index >= 15 is 0 Å². The number of esters is 2. The molecular weight excluding hydrogens is 460 g/mol. The minimum atomic E-state index is -1.64. The molecule has 1 aromatic carbocycles. The number of methoxy groups -OCH3 is 1. The standard InChI is InChI=1S/C20H19ClN4O6S/c1-11(26)31-16(14-8-24(2)23-22-14)20(21)18(28)25-15(10-32-19(20)25)17(27)30-9-12-4-6-13(29-3)7-5-12/h4-8,10,16,19H,9H2,1-3H3/t16?,19-,20?/m1/s1. The Bertz CT molecular complexity index is 1100. The van der Waals surface area contributed by atoms with Crippen LogP contribution in [-0.2, 0) is 37.5 Å². The van der Waals surface area contributed by atoms with Gasteiger partial charge in [-0.05, 0) is 17.7 Å². The quantitative estimate of drug-likeness (QED) is 0.334. The molecule has 0 radical (unpaired) electrons. The first kappa shape index (κ1) is 22.2. The summed E-state index contributed by atoms with van der Waals surface area (Å²) in [6.45, 7) is 1.24. The number of aromatic nitrogens is 3. The van der Waals surface area contributed by atoms with Crippen molar-refractivity contribution in [1.29, 1.82) is 0 Å². The van der Waals surface area contributed by atoms with Crippen LogP contribution in [0.15, 0.2) is 41.6 Å². The Morgan fingerprint density at radius 2 is 2.03 bits per heavy atom. The summed E-state index contributed by atoms with van der Waals surface area (Å²) in [5, 5.41) is 8.62. The Kier molecular flexibility index (Phi) is 5.87. The maximum Gasteiger partial charge on any atom is 0.355 e. The summed E-state index contributed by atoms with van der Waals surface area (Å²) in [4.78, 5) is 37.0. The molecular formula is C20H19ClN4O6S. The summed E-state index contributed by atoms with van der Waals surface area (Å²) in [6.07, 6.45) is 0.352. The van der Waals surface area contributed by atoms with Crippen molar-refractivity contribution in [3.8, 4) is 5.75 Å². The van der Waals surface area contributed by atoms with Crippen LogP contribution in [0.25, 0.3) is 0 Å². The number of ether oxygens (including phenoxy) is 3. The molecule has 2 aliphatic heterocycles. The molecule has 4 rings (SSSR count). The lowest BCUT2D eigenvalue weighted by Gasteiger charge is -2.50. The van der Waals surface area contributed by atoms with Gasteiger partial charge in [0.05, 0.1) is 13.3 Å². The predicted octanol–water partition coefficient (Wildman–Crippen LogP) is 1.91. The number of thioether (sulfide) groups is 1. The normalized spacial score (nSPS) is 22.5. The van der Waals surface area contributed by atoms with Gasteiger partial charge in [0.25, 0.3) is 5.91 Å². The molecule has 2 aliphatic rings. The third kappa shape index (κ3) is 3.71. The highest BCUT2D eigenvalue weighted by Crippen LogP contribution is 2.56. The Morgan fingerprint density at radius 3 is 2.62 bits per heavy atom. The lowest BCUT2D eigenvalue weighted by atomic mass is 9.88. The van der Waals surface area contributed by atoms with Crippen LogP contribution in [-0.4, -0.2) is 55.1 Å². The number of halogens is 1. The molecule has 0 bridgehead atoms. The van der Waals surface area contributed by atoms with Crippen LogP contribution < -0.4 is 4.74 Å². The fraction of sp³-hybridized carbons (Fsp3) is 0.350. The van der Waals surface area contributed by atoms with Gasteiger partial charge in [-0.3, -0.25) is 19.2 Å². The number of β-lactam (4-membered cyclic amide) rings is 1. The number of fused-ring (bicyclic) bond motifs is 1. The Hall–Kier alpha value is -3.05. The Morgan fingerprint density at radius 1 is 1.31 bits per heavy atom. The molecule has 32 heavy (non-hydrogen) atoms. The average molecular weight is 479 g/mol. The van der Waals surface area contributed by atoms with Crippen molar-refractivity contribution < 1.29 is 28.6 Å². The van der Waals surface area contributed by atoms with Crippen molar-refractivity contribution in [3.05, 3.63) is 52.8 Å². The van der Waals surface area contributed by atoms with Crippen molar-refractivity contribution in [1.82, 2.24) is 19.9 Å². The van der Waals surface area contributed by atoms with Gasteiger partial charge in [-0.15, -0.1) is 28.5 Å². The molecule has 2 aromatic rings. The van der Waals surface area contributed by atoms with Crippen LogP contribution in [0.2, 0.25) is 0 Å². The van der Waals surface area contributed by atoms with Crippen LogP contribution in [0.1, 0.15) is 24.3 Å². The summed E-state index contributed by atoms with van der Waals surface area (Å²) in [6, 6.07) is 7.06. The van der Waals surface area contributed by atoms with Crippen LogP contribution in [0.5, 0.6) is 5.75 Å². The second kappa shape index (κ2) is 8.47. The maximum absolute atomic E-state index is 13.1. The van der Waals surface area contributed by atoms with Crippen LogP contribution in [0.4, 0.5) is 0 Å². The fourth-order valence-corrected chi connectivity index (χ4v) is 5.17. The van der Waals surface area contributed by atoms with Gasteiger partial charge in [-0.1, -0.05) is 17.3 Å². The van der Waals surface area contributed by atoms with E-state index in [-0.39, 0.29) is 18.0 Å². The van der Waals surface area contributed by atoms with Gasteiger partial charge in [-0.2, -0.15) is 0 Å². The summed E-state index contributed by atoms with van der Waals surface area (Å²) in [7, 11) is 3.20. The first-order chi connectivity index (χ1) is 15.3. The second-order valence-corrected chi connectivity index (χ2v) is 8.75. The number of amides is 1. The highest BCUT2D eigenvalue weighted by atomic mass is 35.5. The number of nitrogens with zero attached hydrogens (tertiary/aromatic N) is 4. The minimum Gasteiger partial charge on any atom is -0.497 e. The fourth-order valence-electron chi connectivity index (χ4n) is 3.45. The van der Waals surface area contributed by atoms with E-state index in [2.05, 4.69) is 10.3 Å². The van der Waals surface area contributed by atoms with E-state index in [0.29, 0.717) is 5.75 Å². The first-order valence-corrected chi connectivity index (χ1v) is 10.8. The van der Waals surface area contributed by atoms with E-state index in [1.807, 2.05) is 0 Å². The highest BCUT2D eigenvalue weighted by Gasteiger charge is 2.70. The molecule has 1 aromatic heterocycles. The monoisotopic (exact) mass is 478 g/mol. The van der Waals surface area contributed by atoms with Gasteiger partial charge in [0.1, 0.15) is 29.1 Å². The summed E-state index contributed by atoms with van der Waals surface area (Å²) in [5.74, 6) is -1.18. The number of alkyl halides is 1. The number of carbonyl (C=O) groups excluding carboxylic acids is 3. The smallest absolute Gasteiger partial charge is 0.355 e. The Labute approximate surface area is 192 Å². The zero-order valence-corrected chi connectivity index (χ0v) is 18.9. The van der Waals surface area contributed by atoms with Crippen LogP contribution in [0, 0.1) is 0 Å². The number of benzene rings is 1. The van der Waals surface area contributed by atoms with Gasteiger partial charge in [0.15, 0.2) is 11.0 Å². The molecule has 0 spiro atoms. The molecule has 0 aliphatic carbocycles. The number of hydrogen-bond acceptors (Lipinski definition) is 9. The van der Waals surface area contributed by atoms with Crippen LogP contribution in [0.3, 0.4) is 0 Å². The molecule has 0 N–H and O–H groups in total. The van der Waals surface area contributed by atoms with E-state index < -0.39 is 34.2 Å². The molecule has 10 nitrogen and oxygen atoms in total. The topological polar surface area (TPSA) is 113 Å². The maximum atomic E-state index is 13.1. The minimum absolute atomic E-state index is 0.0270. The van der Waals surface area contributed by atoms with Crippen molar-refractivity contribution in [3.63, 3.8) is 0 Å². The zero-order chi connectivity index (χ0) is 23.0. The SMILES string of the molecule is COc1ccc(COC(=O)C2=CS[C@H]3N2C(=O)C3(Cl)C(OC(C)=O)c2cn(C)nn2)cc1. The van der Waals surface area contributed by atoms with Crippen molar-refractivity contribution in [2.45, 2.75) is 29.9 Å². The van der Waals surface area contributed by atoms with Gasteiger partial charge >= 0.3 is 11.9 Å². The molecule has 1 fully saturated rings. The number of carbonyl (C=O) groups is 3. The summed E-state index contributed by atoms with van der Waals surface area (Å²) >= 11 is 7.89.